The Morgan fingerprint density at radius 1 is 1.16 bits per heavy atom. The van der Waals surface area contributed by atoms with Crippen molar-refractivity contribution in [3.05, 3.63) is 28.7 Å². The summed E-state index contributed by atoms with van der Waals surface area (Å²) in [6.07, 6.45) is 1.01. The summed E-state index contributed by atoms with van der Waals surface area (Å²) in [5.74, 6) is -0.0320. The number of benzene rings is 1. The van der Waals surface area contributed by atoms with Crippen LogP contribution in [0.25, 0.3) is 11.0 Å². The van der Waals surface area contributed by atoms with E-state index in [0.29, 0.717) is 24.1 Å². The second kappa shape index (κ2) is 6.30. The first-order valence-corrected chi connectivity index (χ1v) is 9.68. The molecule has 2 aromatic rings. The first kappa shape index (κ1) is 17.7. The first-order chi connectivity index (χ1) is 11.7. The zero-order chi connectivity index (χ0) is 18.4. The number of carbonyl (C=O) groups is 1. The fourth-order valence-corrected chi connectivity index (χ4v) is 4.53. The van der Waals surface area contributed by atoms with Crippen molar-refractivity contribution < 1.29 is 13.2 Å². The van der Waals surface area contributed by atoms with Gasteiger partial charge in [0.25, 0.3) is 0 Å². The number of imidazole rings is 1. The highest BCUT2D eigenvalue weighted by atomic mass is 32.2. The van der Waals surface area contributed by atoms with Crippen LogP contribution in [0.3, 0.4) is 0 Å². The lowest BCUT2D eigenvalue weighted by Gasteiger charge is -2.16. The van der Waals surface area contributed by atoms with E-state index < -0.39 is 16.1 Å². The third kappa shape index (κ3) is 3.09. The minimum atomic E-state index is -3.77. The molecule has 1 aromatic heterocycles. The summed E-state index contributed by atoms with van der Waals surface area (Å²) in [6.45, 7) is 3.00. The molecule has 1 amide bonds. The number of sulfonamides is 1. The fourth-order valence-electron chi connectivity index (χ4n) is 3.28. The number of hydrogen-bond acceptors (Lipinski definition) is 4. The molecule has 9 heteroatoms. The van der Waals surface area contributed by atoms with Crippen molar-refractivity contribution in [2.24, 2.45) is 14.1 Å². The zero-order valence-corrected chi connectivity index (χ0v) is 15.3. The maximum Gasteiger partial charge on any atom is 0.328 e. The average Bonchev–Trinajstić information content (AvgIpc) is 3.00. The Morgan fingerprint density at radius 2 is 1.84 bits per heavy atom. The van der Waals surface area contributed by atoms with E-state index in [1.165, 1.54) is 21.3 Å². The molecule has 3 rings (SSSR count). The molecule has 1 atom stereocenters. The standard InChI is InChI=1S/C16H22N4O4S/c1-4-7-20-10-11(8-15(20)21)17-25(23,24)12-5-6-13-14(9-12)19(3)16(22)18(13)2/h5-6,9,11,17H,4,7-8,10H2,1-3H3/t11-/m1/s1. The van der Waals surface area contributed by atoms with Crippen LogP contribution in [0.5, 0.6) is 0 Å². The Bertz CT molecular complexity index is 989. The van der Waals surface area contributed by atoms with Gasteiger partial charge < -0.3 is 4.90 Å². The van der Waals surface area contributed by atoms with Gasteiger partial charge in [-0.2, -0.15) is 0 Å². The molecule has 0 spiro atoms. The molecule has 2 heterocycles. The Balaban J connectivity index is 1.88. The lowest BCUT2D eigenvalue weighted by Crippen LogP contribution is -2.37. The number of aryl methyl sites for hydroxylation is 2. The number of rotatable bonds is 5. The summed E-state index contributed by atoms with van der Waals surface area (Å²) in [5.41, 5.74) is 0.996. The lowest BCUT2D eigenvalue weighted by molar-refractivity contribution is -0.127. The van der Waals surface area contributed by atoms with Crippen molar-refractivity contribution in [2.45, 2.75) is 30.7 Å². The smallest absolute Gasteiger partial charge is 0.328 e. The normalized spacial score (nSPS) is 18.4. The maximum atomic E-state index is 12.7. The van der Waals surface area contributed by atoms with Crippen molar-refractivity contribution in [1.82, 2.24) is 18.8 Å². The van der Waals surface area contributed by atoms with Crippen molar-refractivity contribution in [1.29, 1.82) is 0 Å². The Hall–Kier alpha value is -2.13. The summed E-state index contributed by atoms with van der Waals surface area (Å²) in [7, 11) is -0.524. The summed E-state index contributed by atoms with van der Waals surface area (Å²) in [4.78, 5) is 25.6. The molecule has 1 saturated heterocycles. The van der Waals surface area contributed by atoms with Crippen LogP contribution in [0, 0.1) is 0 Å². The molecule has 8 nitrogen and oxygen atoms in total. The number of nitrogens with one attached hydrogen (secondary N) is 1. The molecule has 0 saturated carbocycles. The maximum absolute atomic E-state index is 12.7. The number of amides is 1. The molecule has 0 aliphatic carbocycles. The molecular formula is C16H22N4O4S. The van der Waals surface area contributed by atoms with Gasteiger partial charge in [-0.05, 0) is 24.6 Å². The molecule has 1 aliphatic rings. The van der Waals surface area contributed by atoms with E-state index >= 15 is 0 Å². The monoisotopic (exact) mass is 366 g/mol. The molecule has 0 radical (unpaired) electrons. The summed E-state index contributed by atoms with van der Waals surface area (Å²) < 4.78 is 30.8. The van der Waals surface area contributed by atoms with E-state index in [-0.39, 0.29) is 22.9 Å². The SMILES string of the molecule is CCCN1C[C@H](NS(=O)(=O)c2ccc3c(c2)n(C)c(=O)n3C)CC1=O. The van der Waals surface area contributed by atoms with Gasteiger partial charge in [-0.25, -0.2) is 17.9 Å². The predicted molar refractivity (Wildman–Crippen MR) is 93.8 cm³/mol. The van der Waals surface area contributed by atoms with E-state index in [1.807, 2.05) is 6.92 Å². The summed E-state index contributed by atoms with van der Waals surface area (Å²) in [5, 5.41) is 0. The van der Waals surface area contributed by atoms with E-state index in [4.69, 9.17) is 0 Å². The lowest BCUT2D eigenvalue weighted by atomic mass is 10.3. The Labute approximate surface area is 146 Å². The molecule has 1 N–H and O–H groups in total. The first-order valence-electron chi connectivity index (χ1n) is 8.20. The van der Waals surface area contributed by atoms with E-state index in [1.54, 1.807) is 25.1 Å². The van der Waals surface area contributed by atoms with Crippen molar-refractivity contribution in [3.63, 3.8) is 0 Å². The molecule has 1 aromatic carbocycles. The van der Waals surface area contributed by atoms with Crippen LogP contribution in [0.1, 0.15) is 19.8 Å². The van der Waals surface area contributed by atoms with E-state index in [2.05, 4.69) is 4.72 Å². The van der Waals surface area contributed by atoms with Gasteiger partial charge in [-0.15, -0.1) is 0 Å². The summed E-state index contributed by atoms with van der Waals surface area (Å²) >= 11 is 0. The van der Waals surface area contributed by atoms with Gasteiger partial charge in [0.2, 0.25) is 15.9 Å². The molecular weight excluding hydrogens is 344 g/mol. The van der Waals surface area contributed by atoms with Gasteiger partial charge >= 0.3 is 5.69 Å². The molecule has 1 aliphatic heterocycles. The van der Waals surface area contributed by atoms with Crippen LogP contribution in [0.4, 0.5) is 0 Å². The second-order valence-corrected chi connectivity index (χ2v) is 8.13. The number of likely N-dealkylation sites (tertiary alicyclic amines) is 1. The molecule has 136 valence electrons. The van der Waals surface area contributed by atoms with Crippen LogP contribution in [0.15, 0.2) is 27.9 Å². The predicted octanol–water partition coefficient (Wildman–Crippen LogP) is 0.166. The average molecular weight is 366 g/mol. The molecule has 25 heavy (non-hydrogen) atoms. The number of aromatic nitrogens is 2. The highest BCUT2D eigenvalue weighted by molar-refractivity contribution is 7.89. The largest absolute Gasteiger partial charge is 0.341 e. The molecule has 0 unspecified atom stereocenters. The van der Waals surface area contributed by atoms with Gasteiger partial charge in [0.1, 0.15) is 0 Å². The van der Waals surface area contributed by atoms with E-state index in [9.17, 15) is 18.0 Å². The van der Waals surface area contributed by atoms with Crippen LogP contribution < -0.4 is 10.4 Å². The van der Waals surface area contributed by atoms with Gasteiger partial charge in [-0.1, -0.05) is 6.92 Å². The number of nitrogens with zero attached hydrogens (tertiary/aromatic N) is 3. The van der Waals surface area contributed by atoms with Gasteiger partial charge in [-0.3, -0.25) is 13.9 Å². The van der Waals surface area contributed by atoms with E-state index in [0.717, 1.165) is 6.42 Å². The second-order valence-electron chi connectivity index (χ2n) is 6.41. The van der Waals surface area contributed by atoms with Gasteiger partial charge in [0.15, 0.2) is 0 Å². The Morgan fingerprint density at radius 3 is 2.52 bits per heavy atom. The minimum Gasteiger partial charge on any atom is -0.341 e. The fraction of sp³-hybridized carbons (Fsp3) is 0.500. The van der Waals surface area contributed by atoms with Crippen LogP contribution in [0.2, 0.25) is 0 Å². The molecule has 0 bridgehead atoms. The number of fused-ring (bicyclic) bond motifs is 1. The third-order valence-electron chi connectivity index (χ3n) is 4.58. The van der Waals surface area contributed by atoms with Crippen LogP contribution in [-0.4, -0.2) is 47.5 Å². The van der Waals surface area contributed by atoms with Crippen LogP contribution >= 0.6 is 0 Å². The molecule has 1 fully saturated rings. The van der Waals surface area contributed by atoms with Gasteiger partial charge in [0.05, 0.1) is 15.9 Å². The number of carbonyl (C=O) groups excluding carboxylic acids is 1. The highest BCUT2D eigenvalue weighted by Gasteiger charge is 2.32. The van der Waals surface area contributed by atoms with Gasteiger partial charge in [0, 0.05) is 39.6 Å². The highest BCUT2D eigenvalue weighted by Crippen LogP contribution is 2.20. The quantitative estimate of drug-likeness (QED) is 0.816. The van der Waals surface area contributed by atoms with Crippen molar-refractivity contribution in [2.75, 3.05) is 13.1 Å². The van der Waals surface area contributed by atoms with Crippen molar-refractivity contribution >= 4 is 27.0 Å². The zero-order valence-electron chi connectivity index (χ0n) is 14.5. The van der Waals surface area contributed by atoms with Crippen LogP contribution in [-0.2, 0) is 28.9 Å². The van der Waals surface area contributed by atoms with Crippen molar-refractivity contribution in [3.8, 4) is 0 Å². The Kier molecular flexibility index (Phi) is 4.46. The minimum absolute atomic E-state index is 0.0320. The summed E-state index contributed by atoms with van der Waals surface area (Å²) in [6, 6.07) is 4.15. The third-order valence-corrected chi connectivity index (χ3v) is 6.10. The number of hydrogen-bond donors (Lipinski definition) is 1. The topological polar surface area (TPSA) is 93.4 Å².